The molecule has 0 bridgehead atoms. The van der Waals surface area contributed by atoms with Crippen LogP contribution in [-0.2, 0) is 4.74 Å². The number of rotatable bonds is 5. The number of carbonyl (C=O) groups excluding carboxylic acids is 1. The maximum absolute atomic E-state index is 12.3. The zero-order chi connectivity index (χ0) is 15.3. The SMILES string of the molecule is CCC1(CC)CC(NC(=O)c2ccc(NN)cc2)CCO1. The highest BCUT2D eigenvalue weighted by atomic mass is 16.5. The molecule has 1 heterocycles. The lowest BCUT2D eigenvalue weighted by Crippen LogP contribution is -2.48. The third-order valence-corrected chi connectivity index (χ3v) is 4.43. The normalized spacial score (nSPS) is 20.8. The molecule has 116 valence electrons. The molecule has 2 rings (SSSR count). The van der Waals surface area contributed by atoms with Crippen LogP contribution in [0.5, 0.6) is 0 Å². The van der Waals surface area contributed by atoms with Crippen molar-refractivity contribution >= 4 is 11.6 Å². The maximum atomic E-state index is 12.3. The molecule has 1 amide bonds. The Morgan fingerprint density at radius 2 is 2.00 bits per heavy atom. The monoisotopic (exact) mass is 291 g/mol. The molecule has 1 fully saturated rings. The molecule has 1 saturated heterocycles. The van der Waals surface area contributed by atoms with Crippen molar-refractivity contribution in [3.05, 3.63) is 29.8 Å². The average Bonchev–Trinajstić information content (AvgIpc) is 2.55. The molecule has 1 aliphatic heterocycles. The first-order chi connectivity index (χ1) is 10.1. The van der Waals surface area contributed by atoms with Gasteiger partial charge in [-0.3, -0.25) is 10.6 Å². The molecule has 0 aromatic heterocycles. The summed E-state index contributed by atoms with van der Waals surface area (Å²) in [7, 11) is 0. The van der Waals surface area contributed by atoms with Gasteiger partial charge in [0, 0.05) is 23.9 Å². The van der Waals surface area contributed by atoms with Gasteiger partial charge in [0.2, 0.25) is 0 Å². The summed E-state index contributed by atoms with van der Waals surface area (Å²) in [6.07, 6.45) is 3.71. The zero-order valence-corrected chi connectivity index (χ0v) is 12.8. The smallest absolute Gasteiger partial charge is 0.251 e. The molecular formula is C16H25N3O2. The summed E-state index contributed by atoms with van der Waals surface area (Å²) in [5.74, 6) is 5.29. The highest BCUT2D eigenvalue weighted by Crippen LogP contribution is 2.31. The minimum Gasteiger partial charge on any atom is -0.375 e. The van der Waals surface area contributed by atoms with Crippen LogP contribution in [0.25, 0.3) is 0 Å². The third kappa shape index (κ3) is 3.74. The van der Waals surface area contributed by atoms with E-state index in [1.54, 1.807) is 24.3 Å². The lowest BCUT2D eigenvalue weighted by atomic mass is 9.86. The fourth-order valence-corrected chi connectivity index (χ4v) is 2.88. The second kappa shape index (κ2) is 6.91. The Balaban J connectivity index is 1.98. The number of nitrogens with two attached hydrogens (primary N) is 1. The summed E-state index contributed by atoms with van der Waals surface area (Å²) in [5.41, 5.74) is 3.91. The van der Waals surface area contributed by atoms with Crippen LogP contribution >= 0.6 is 0 Å². The van der Waals surface area contributed by atoms with Crippen LogP contribution in [0.4, 0.5) is 5.69 Å². The Hall–Kier alpha value is -1.59. The summed E-state index contributed by atoms with van der Waals surface area (Å²) in [4.78, 5) is 12.3. The van der Waals surface area contributed by atoms with Gasteiger partial charge in [-0.2, -0.15) is 0 Å². The van der Waals surface area contributed by atoms with E-state index in [-0.39, 0.29) is 17.6 Å². The first-order valence-electron chi connectivity index (χ1n) is 7.64. The van der Waals surface area contributed by atoms with Crippen molar-refractivity contribution in [1.29, 1.82) is 0 Å². The lowest BCUT2D eigenvalue weighted by molar-refractivity contribution is -0.0917. The van der Waals surface area contributed by atoms with Crippen molar-refractivity contribution in [3.8, 4) is 0 Å². The van der Waals surface area contributed by atoms with Gasteiger partial charge in [-0.05, 0) is 49.9 Å². The van der Waals surface area contributed by atoms with Crippen LogP contribution in [0, 0.1) is 0 Å². The van der Waals surface area contributed by atoms with Gasteiger partial charge in [0.15, 0.2) is 0 Å². The molecule has 5 nitrogen and oxygen atoms in total. The Bertz CT molecular complexity index is 469. The van der Waals surface area contributed by atoms with Crippen LogP contribution in [0.3, 0.4) is 0 Å². The summed E-state index contributed by atoms with van der Waals surface area (Å²) in [6.45, 7) is 5.00. The first-order valence-corrected chi connectivity index (χ1v) is 7.64. The number of carbonyl (C=O) groups is 1. The molecule has 1 aromatic rings. The number of anilines is 1. The van der Waals surface area contributed by atoms with Gasteiger partial charge in [0.05, 0.1) is 5.60 Å². The van der Waals surface area contributed by atoms with Crippen molar-refractivity contribution in [2.75, 3.05) is 12.0 Å². The van der Waals surface area contributed by atoms with Gasteiger partial charge < -0.3 is 15.5 Å². The number of hydrogen-bond acceptors (Lipinski definition) is 4. The minimum absolute atomic E-state index is 0.0356. The van der Waals surface area contributed by atoms with Gasteiger partial charge in [-0.15, -0.1) is 0 Å². The highest BCUT2D eigenvalue weighted by Gasteiger charge is 2.35. The summed E-state index contributed by atoms with van der Waals surface area (Å²) < 4.78 is 5.94. The Morgan fingerprint density at radius 3 is 2.57 bits per heavy atom. The second-order valence-corrected chi connectivity index (χ2v) is 5.62. The predicted octanol–water partition coefficient (Wildman–Crippen LogP) is 2.44. The zero-order valence-electron chi connectivity index (χ0n) is 12.8. The fourth-order valence-electron chi connectivity index (χ4n) is 2.88. The van der Waals surface area contributed by atoms with E-state index in [1.165, 1.54) is 0 Å². The van der Waals surface area contributed by atoms with Gasteiger partial charge in [-0.1, -0.05) is 13.8 Å². The molecule has 0 radical (unpaired) electrons. The Morgan fingerprint density at radius 1 is 1.33 bits per heavy atom. The standard InChI is InChI=1S/C16H25N3O2/c1-3-16(4-2)11-14(9-10-21-16)18-15(20)12-5-7-13(19-17)8-6-12/h5-8,14,19H,3-4,9-11,17H2,1-2H3,(H,18,20). The molecule has 1 atom stereocenters. The van der Waals surface area contributed by atoms with Crippen LogP contribution in [0.2, 0.25) is 0 Å². The van der Waals surface area contributed by atoms with Crippen molar-refractivity contribution in [2.45, 2.75) is 51.2 Å². The van der Waals surface area contributed by atoms with Crippen LogP contribution in [0.15, 0.2) is 24.3 Å². The van der Waals surface area contributed by atoms with Crippen LogP contribution in [0.1, 0.15) is 49.9 Å². The molecule has 0 saturated carbocycles. The van der Waals surface area contributed by atoms with E-state index in [0.29, 0.717) is 12.2 Å². The highest BCUT2D eigenvalue weighted by molar-refractivity contribution is 5.94. The van der Waals surface area contributed by atoms with E-state index >= 15 is 0 Å². The van der Waals surface area contributed by atoms with E-state index in [9.17, 15) is 4.79 Å². The van der Waals surface area contributed by atoms with Crippen molar-refractivity contribution in [2.24, 2.45) is 5.84 Å². The fraction of sp³-hybridized carbons (Fsp3) is 0.562. The van der Waals surface area contributed by atoms with Gasteiger partial charge in [0.25, 0.3) is 5.91 Å². The predicted molar refractivity (Wildman–Crippen MR) is 84.0 cm³/mol. The number of hydrazine groups is 1. The Labute approximate surface area is 126 Å². The number of benzene rings is 1. The van der Waals surface area contributed by atoms with E-state index in [1.807, 2.05) is 0 Å². The quantitative estimate of drug-likeness (QED) is 0.575. The van der Waals surface area contributed by atoms with E-state index < -0.39 is 0 Å². The molecule has 1 unspecified atom stereocenters. The minimum atomic E-state index is -0.0798. The number of nitrogens with one attached hydrogen (secondary N) is 2. The third-order valence-electron chi connectivity index (χ3n) is 4.43. The van der Waals surface area contributed by atoms with E-state index in [0.717, 1.165) is 31.4 Å². The van der Waals surface area contributed by atoms with Gasteiger partial charge in [0.1, 0.15) is 0 Å². The van der Waals surface area contributed by atoms with Crippen molar-refractivity contribution in [1.82, 2.24) is 5.32 Å². The molecule has 0 spiro atoms. The molecule has 5 heteroatoms. The molecular weight excluding hydrogens is 266 g/mol. The number of ether oxygens (including phenoxy) is 1. The van der Waals surface area contributed by atoms with Crippen LogP contribution in [-0.4, -0.2) is 24.2 Å². The lowest BCUT2D eigenvalue weighted by Gasteiger charge is -2.40. The largest absolute Gasteiger partial charge is 0.375 e. The number of amides is 1. The number of hydrogen-bond donors (Lipinski definition) is 3. The molecule has 0 aliphatic carbocycles. The summed E-state index contributed by atoms with van der Waals surface area (Å²) in [6, 6.07) is 7.31. The summed E-state index contributed by atoms with van der Waals surface area (Å²) >= 11 is 0. The second-order valence-electron chi connectivity index (χ2n) is 5.62. The van der Waals surface area contributed by atoms with Gasteiger partial charge in [-0.25, -0.2) is 0 Å². The molecule has 21 heavy (non-hydrogen) atoms. The number of nitrogen functional groups attached to an aromatic ring is 1. The van der Waals surface area contributed by atoms with E-state index in [2.05, 4.69) is 24.6 Å². The topological polar surface area (TPSA) is 76.4 Å². The van der Waals surface area contributed by atoms with Gasteiger partial charge >= 0.3 is 0 Å². The van der Waals surface area contributed by atoms with Crippen molar-refractivity contribution in [3.63, 3.8) is 0 Å². The van der Waals surface area contributed by atoms with E-state index in [4.69, 9.17) is 10.6 Å². The Kier molecular flexibility index (Phi) is 5.20. The first kappa shape index (κ1) is 15.8. The molecule has 1 aromatic carbocycles. The maximum Gasteiger partial charge on any atom is 0.251 e. The van der Waals surface area contributed by atoms with Crippen LogP contribution < -0.4 is 16.6 Å². The summed E-state index contributed by atoms with van der Waals surface area (Å²) in [5, 5.41) is 3.13. The van der Waals surface area contributed by atoms with Crippen molar-refractivity contribution < 1.29 is 9.53 Å². The molecule has 1 aliphatic rings. The average molecular weight is 291 g/mol. The molecule has 4 N–H and O–H groups in total.